The van der Waals surface area contributed by atoms with Crippen LogP contribution in [0.25, 0.3) is 0 Å². The number of rotatable bonds is 3. The average molecular weight is 381 g/mol. The molecule has 1 aromatic heterocycles. The molecule has 0 unspecified atom stereocenters. The number of aromatic nitrogens is 1. The fraction of sp³-hybridized carbons (Fsp3) is 0.250. The van der Waals surface area contributed by atoms with Gasteiger partial charge in [-0.1, -0.05) is 17.7 Å². The van der Waals surface area contributed by atoms with Crippen molar-refractivity contribution in [1.82, 2.24) is 9.29 Å². The summed E-state index contributed by atoms with van der Waals surface area (Å²) in [6.45, 7) is 1.30. The van der Waals surface area contributed by atoms with Gasteiger partial charge in [0.2, 0.25) is 10.0 Å². The number of hydrogen-bond acceptors (Lipinski definition) is 5. The predicted molar refractivity (Wildman–Crippen MR) is 91.3 cm³/mol. The van der Waals surface area contributed by atoms with Crippen molar-refractivity contribution in [3.05, 3.63) is 52.9 Å². The SMILES string of the molecule is N#Cc1nc(N2CCN(S(=O)(=O)c3cccc(F)c3)CC2)ccc1Cl. The minimum atomic E-state index is -3.74. The topological polar surface area (TPSA) is 77.3 Å². The molecule has 2 aromatic rings. The molecule has 0 N–H and O–H groups in total. The Morgan fingerprint density at radius 3 is 2.52 bits per heavy atom. The maximum absolute atomic E-state index is 13.3. The third-order valence-electron chi connectivity index (χ3n) is 3.93. The van der Waals surface area contributed by atoms with Gasteiger partial charge in [0, 0.05) is 26.2 Å². The summed E-state index contributed by atoms with van der Waals surface area (Å²) in [7, 11) is -3.74. The summed E-state index contributed by atoms with van der Waals surface area (Å²) < 4.78 is 39.8. The molecule has 0 atom stereocenters. The first-order valence-corrected chi connectivity index (χ1v) is 9.31. The maximum atomic E-state index is 13.3. The summed E-state index contributed by atoms with van der Waals surface area (Å²) in [6, 6.07) is 10.2. The lowest BCUT2D eigenvalue weighted by Crippen LogP contribution is -2.49. The number of halogens is 2. The minimum Gasteiger partial charge on any atom is -0.354 e. The molecule has 1 aromatic carbocycles. The van der Waals surface area contributed by atoms with Crippen LogP contribution in [0.4, 0.5) is 10.2 Å². The van der Waals surface area contributed by atoms with Crippen molar-refractivity contribution in [3.8, 4) is 6.07 Å². The van der Waals surface area contributed by atoms with E-state index in [0.29, 0.717) is 18.9 Å². The normalized spacial score (nSPS) is 15.8. The second-order valence-electron chi connectivity index (χ2n) is 5.46. The molecule has 1 aliphatic heterocycles. The van der Waals surface area contributed by atoms with Crippen molar-refractivity contribution >= 4 is 27.4 Å². The number of nitriles is 1. The lowest BCUT2D eigenvalue weighted by atomic mass is 10.3. The number of hydrogen-bond donors (Lipinski definition) is 0. The van der Waals surface area contributed by atoms with Crippen LogP contribution < -0.4 is 4.90 Å². The largest absolute Gasteiger partial charge is 0.354 e. The van der Waals surface area contributed by atoms with Gasteiger partial charge in [0.05, 0.1) is 9.92 Å². The fourth-order valence-corrected chi connectivity index (χ4v) is 4.22. The molecule has 1 saturated heterocycles. The van der Waals surface area contributed by atoms with E-state index >= 15 is 0 Å². The summed E-state index contributed by atoms with van der Waals surface area (Å²) in [4.78, 5) is 6.01. The second kappa shape index (κ2) is 6.96. The van der Waals surface area contributed by atoms with Crippen molar-refractivity contribution in [2.75, 3.05) is 31.1 Å². The summed E-state index contributed by atoms with van der Waals surface area (Å²) in [5, 5.41) is 9.28. The van der Waals surface area contributed by atoms with Crippen molar-refractivity contribution in [1.29, 1.82) is 5.26 Å². The highest BCUT2D eigenvalue weighted by atomic mass is 35.5. The smallest absolute Gasteiger partial charge is 0.243 e. The molecule has 25 heavy (non-hydrogen) atoms. The van der Waals surface area contributed by atoms with Gasteiger partial charge in [-0.25, -0.2) is 17.8 Å². The van der Waals surface area contributed by atoms with Crippen molar-refractivity contribution in [2.24, 2.45) is 0 Å². The van der Waals surface area contributed by atoms with Gasteiger partial charge in [-0.15, -0.1) is 0 Å². The molecular weight excluding hydrogens is 367 g/mol. The number of piperazine rings is 1. The molecule has 130 valence electrons. The van der Waals surface area contributed by atoms with Crippen LogP contribution in [-0.2, 0) is 10.0 Å². The second-order valence-corrected chi connectivity index (χ2v) is 7.81. The first-order valence-electron chi connectivity index (χ1n) is 7.49. The Morgan fingerprint density at radius 2 is 1.88 bits per heavy atom. The monoisotopic (exact) mass is 380 g/mol. The van der Waals surface area contributed by atoms with Gasteiger partial charge in [0.25, 0.3) is 0 Å². The van der Waals surface area contributed by atoms with Crippen LogP contribution in [0, 0.1) is 17.1 Å². The van der Waals surface area contributed by atoms with Crippen LogP contribution in [0.3, 0.4) is 0 Å². The van der Waals surface area contributed by atoms with E-state index in [-0.39, 0.29) is 28.7 Å². The first kappa shape index (κ1) is 17.6. The molecule has 0 aliphatic carbocycles. The van der Waals surface area contributed by atoms with E-state index in [1.165, 1.54) is 22.5 Å². The highest BCUT2D eigenvalue weighted by Gasteiger charge is 2.29. The van der Waals surface area contributed by atoms with Crippen molar-refractivity contribution < 1.29 is 12.8 Å². The molecule has 0 spiro atoms. The number of benzene rings is 1. The zero-order valence-corrected chi connectivity index (χ0v) is 14.6. The molecule has 1 aliphatic rings. The minimum absolute atomic E-state index is 0.0580. The molecule has 1 fully saturated rings. The van der Waals surface area contributed by atoms with Crippen LogP contribution in [-0.4, -0.2) is 43.9 Å². The molecule has 0 bridgehead atoms. The van der Waals surface area contributed by atoms with Crippen LogP contribution in [0.2, 0.25) is 5.02 Å². The Balaban J connectivity index is 1.75. The van der Waals surface area contributed by atoms with Crippen LogP contribution in [0.15, 0.2) is 41.3 Å². The van der Waals surface area contributed by atoms with Crippen LogP contribution in [0.5, 0.6) is 0 Å². The standard InChI is InChI=1S/C16H14ClFN4O2S/c17-14-4-5-16(20-15(14)11-19)21-6-8-22(9-7-21)25(23,24)13-3-1-2-12(18)10-13/h1-5,10H,6-9H2. The highest BCUT2D eigenvalue weighted by molar-refractivity contribution is 7.89. The van der Waals surface area contributed by atoms with Gasteiger partial charge in [0.1, 0.15) is 17.7 Å². The number of sulfonamides is 1. The van der Waals surface area contributed by atoms with Gasteiger partial charge in [0.15, 0.2) is 5.69 Å². The lowest BCUT2D eigenvalue weighted by molar-refractivity contribution is 0.383. The fourth-order valence-electron chi connectivity index (χ4n) is 2.62. The average Bonchev–Trinajstić information content (AvgIpc) is 2.62. The zero-order valence-electron chi connectivity index (χ0n) is 13.1. The van der Waals surface area contributed by atoms with E-state index in [1.807, 2.05) is 11.0 Å². The molecule has 0 radical (unpaired) electrons. The Bertz CT molecular complexity index is 937. The van der Waals surface area contributed by atoms with E-state index < -0.39 is 15.8 Å². The van der Waals surface area contributed by atoms with Crippen molar-refractivity contribution in [2.45, 2.75) is 4.90 Å². The number of nitrogens with zero attached hydrogens (tertiary/aromatic N) is 4. The molecular formula is C16H14ClFN4O2S. The van der Waals surface area contributed by atoms with Crippen LogP contribution in [0.1, 0.15) is 5.69 Å². The van der Waals surface area contributed by atoms with Crippen molar-refractivity contribution in [3.63, 3.8) is 0 Å². The van der Waals surface area contributed by atoms with E-state index in [0.717, 1.165) is 6.07 Å². The third-order valence-corrected chi connectivity index (χ3v) is 6.13. The van der Waals surface area contributed by atoms with Gasteiger partial charge >= 0.3 is 0 Å². The summed E-state index contributed by atoms with van der Waals surface area (Å²) >= 11 is 5.88. The summed E-state index contributed by atoms with van der Waals surface area (Å²) in [5.41, 5.74) is 0.133. The zero-order chi connectivity index (χ0) is 18.0. The van der Waals surface area contributed by atoms with Gasteiger partial charge in [-0.3, -0.25) is 0 Å². The molecule has 2 heterocycles. The summed E-state index contributed by atoms with van der Waals surface area (Å²) in [5.74, 6) is -0.0159. The Hall–Kier alpha value is -2.21. The Labute approximate surface area is 150 Å². The quantitative estimate of drug-likeness (QED) is 0.816. The van der Waals surface area contributed by atoms with E-state index in [2.05, 4.69) is 4.98 Å². The van der Waals surface area contributed by atoms with Gasteiger partial charge in [-0.05, 0) is 30.3 Å². The summed E-state index contributed by atoms with van der Waals surface area (Å²) in [6.07, 6.45) is 0. The molecule has 6 nitrogen and oxygen atoms in total. The molecule has 9 heteroatoms. The van der Waals surface area contributed by atoms with Crippen LogP contribution >= 0.6 is 11.6 Å². The van der Waals surface area contributed by atoms with Gasteiger partial charge < -0.3 is 4.90 Å². The molecule has 0 amide bonds. The Kier molecular flexibility index (Phi) is 4.90. The number of pyridine rings is 1. The lowest BCUT2D eigenvalue weighted by Gasteiger charge is -2.34. The molecule has 0 saturated carbocycles. The van der Waals surface area contributed by atoms with E-state index in [4.69, 9.17) is 16.9 Å². The molecule has 3 rings (SSSR count). The third kappa shape index (κ3) is 3.58. The van der Waals surface area contributed by atoms with Gasteiger partial charge in [-0.2, -0.15) is 9.57 Å². The van der Waals surface area contributed by atoms with E-state index in [1.54, 1.807) is 12.1 Å². The van der Waals surface area contributed by atoms with E-state index in [9.17, 15) is 12.8 Å². The predicted octanol–water partition coefficient (Wildman–Crippen LogP) is 2.26. The highest BCUT2D eigenvalue weighted by Crippen LogP contribution is 2.22. The maximum Gasteiger partial charge on any atom is 0.243 e. The first-order chi connectivity index (χ1) is 11.9. The Morgan fingerprint density at radius 1 is 1.16 bits per heavy atom. The number of anilines is 1.